The number of hydrogen-bond acceptors (Lipinski definition) is 3. The summed E-state index contributed by atoms with van der Waals surface area (Å²) in [5.41, 5.74) is 3.08. The van der Waals surface area contributed by atoms with Crippen LogP contribution in [-0.4, -0.2) is 19.0 Å². The average molecular weight is 436 g/mol. The predicted octanol–water partition coefficient (Wildman–Crippen LogP) is 5.08. The topological polar surface area (TPSA) is 79.5 Å². The number of amides is 3. The van der Waals surface area contributed by atoms with Gasteiger partial charge in [-0.05, 0) is 48.4 Å². The molecule has 3 aromatic rings. The number of hydrogen-bond donors (Lipinski definition) is 3. The second kappa shape index (κ2) is 8.32. The molecule has 0 saturated carbocycles. The average Bonchev–Trinajstić information content (AvgIpc) is 2.74. The van der Waals surface area contributed by atoms with Gasteiger partial charge in [0, 0.05) is 22.0 Å². The molecule has 1 aliphatic rings. The van der Waals surface area contributed by atoms with Gasteiger partial charge in [-0.1, -0.05) is 48.0 Å². The van der Waals surface area contributed by atoms with Gasteiger partial charge in [0.25, 0.3) is 5.91 Å². The summed E-state index contributed by atoms with van der Waals surface area (Å²) in [5.74, 6) is 0.248. The van der Waals surface area contributed by atoms with Crippen molar-refractivity contribution in [2.24, 2.45) is 0 Å². The van der Waals surface area contributed by atoms with Crippen LogP contribution < -0.4 is 20.7 Å². The van der Waals surface area contributed by atoms with Crippen LogP contribution in [0, 0.1) is 6.92 Å². The molecular weight excluding hydrogens is 414 g/mol. The molecule has 31 heavy (non-hydrogen) atoms. The molecule has 0 saturated heterocycles. The third-order valence-electron chi connectivity index (χ3n) is 5.40. The molecule has 3 N–H and O–H groups in total. The zero-order valence-corrected chi connectivity index (χ0v) is 18.1. The zero-order valence-electron chi connectivity index (χ0n) is 17.4. The van der Waals surface area contributed by atoms with Gasteiger partial charge >= 0.3 is 6.03 Å². The van der Waals surface area contributed by atoms with E-state index in [1.807, 2.05) is 49.4 Å². The van der Waals surface area contributed by atoms with Crippen molar-refractivity contribution in [2.75, 3.05) is 12.4 Å². The highest BCUT2D eigenvalue weighted by Gasteiger charge is 2.34. The number of carbonyl (C=O) groups is 2. The molecule has 0 radical (unpaired) electrons. The van der Waals surface area contributed by atoms with Crippen molar-refractivity contribution in [2.45, 2.75) is 19.9 Å². The van der Waals surface area contributed by atoms with Gasteiger partial charge in [-0.25, -0.2) is 4.79 Å². The van der Waals surface area contributed by atoms with E-state index < -0.39 is 6.04 Å². The first-order valence-electron chi connectivity index (χ1n) is 9.80. The Bertz CT molecular complexity index is 1240. The number of rotatable bonds is 4. The summed E-state index contributed by atoms with van der Waals surface area (Å²) in [6.45, 7) is 3.60. The molecule has 0 aliphatic carbocycles. The van der Waals surface area contributed by atoms with Gasteiger partial charge in [-0.15, -0.1) is 0 Å². The number of methoxy groups -OCH3 is 1. The number of halogens is 1. The Labute approximate surface area is 185 Å². The van der Waals surface area contributed by atoms with E-state index in [-0.39, 0.29) is 11.9 Å². The molecule has 0 fully saturated rings. The molecule has 6 nitrogen and oxygen atoms in total. The smallest absolute Gasteiger partial charge is 0.319 e. The summed E-state index contributed by atoms with van der Waals surface area (Å²) in [6.07, 6.45) is 0. The SMILES string of the molecule is COc1ccc2ccccc2c1C1NC(=O)NC(C)=C1C(=O)Nc1cc(Cl)ccc1C. The van der Waals surface area contributed by atoms with Gasteiger partial charge in [0.2, 0.25) is 0 Å². The van der Waals surface area contributed by atoms with Crippen molar-refractivity contribution in [3.8, 4) is 5.75 Å². The van der Waals surface area contributed by atoms with Crippen molar-refractivity contribution in [1.82, 2.24) is 10.6 Å². The summed E-state index contributed by atoms with van der Waals surface area (Å²) in [5, 5.41) is 10.9. The van der Waals surface area contributed by atoms with Crippen molar-refractivity contribution < 1.29 is 14.3 Å². The Morgan fingerprint density at radius 2 is 1.87 bits per heavy atom. The maximum Gasteiger partial charge on any atom is 0.319 e. The van der Waals surface area contributed by atoms with E-state index in [4.69, 9.17) is 16.3 Å². The molecule has 1 aliphatic heterocycles. The van der Waals surface area contributed by atoms with Crippen molar-refractivity contribution in [3.63, 3.8) is 0 Å². The standard InChI is InChI=1S/C24H22ClN3O3/c1-13-8-10-16(25)12-18(13)27-23(29)20-14(2)26-24(30)28-22(20)21-17-7-5-4-6-15(17)9-11-19(21)31-3/h4-12,22H,1-3H3,(H,27,29)(H2,26,28,30). The second-order valence-electron chi connectivity index (χ2n) is 7.39. The molecule has 158 valence electrons. The largest absolute Gasteiger partial charge is 0.496 e. The fourth-order valence-corrected chi connectivity index (χ4v) is 4.05. The lowest BCUT2D eigenvalue weighted by Crippen LogP contribution is -2.46. The Balaban J connectivity index is 1.85. The van der Waals surface area contributed by atoms with Crippen LogP contribution in [0.4, 0.5) is 10.5 Å². The summed E-state index contributed by atoms with van der Waals surface area (Å²) in [4.78, 5) is 25.8. The van der Waals surface area contributed by atoms with E-state index in [1.165, 1.54) is 0 Å². The molecule has 3 aromatic carbocycles. The number of aryl methyl sites for hydroxylation is 1. The number of ether oxygens (including phenoxy) is 1. The maximum absolute atomic E-state index is 13.4. The fourth-order valence-electron chi connectivity index (χ4n) is 3.88. The summed E-state index contributed by atoms with van der Waals surface area (Å²) >= 11 is 6.11. The molecule has 0 aromatic heterocycles. The lowest BCUT2D eigenvalue weighted by molar-refractivity contribution is -0.113. The molecule has 1 unspecified atom stereocenters. The molecule has 1 heterocycles. The minimum absolute atomic E-state index is 0.338. The first-order chi connectivity index (χ1) is 14.9. The molecule has 0 spiro atoms. The van der Waals surface area contributed by atoms with Crippen molar-refractivity contribution >= 4 is 40.0 Å². The number of benzene rings is 3. The summed E-state index contributed by atoms with van der Waals surface area (Å²) in [6, 6.07) is 15.8. The molecule has 4 rings (SSSR count). The van der Waals surface area contributed by atoms with E-state index >= 15 is 0 Å². The second-order valence-corrected chi connectivity index (χ2v) is 7.82. The highest BCUT2D eigenvalue weighted by molar-refractivity contribution is 6.31. The van der Waals surface area contributed by atoms with Crippen molar-refractivity contribution in [1.29, 1.82) is 0 Å². The molecule has 0 bridgehead atoms. The van der Waals surface area contributed by atoms with Crippen LogP contribution in [0.2, 0.25) is 5.02 Å². The predicted molar refractivity (Wildman–Crippen MR) is 122 cm³/mol. The lowest BCUT2D eigenvalue weighted by Gasteiger charge is -2.30. The van der Waals surface area contributed by atoms with Crippen LogP contribution in [0.25, 0.3) is 10.8 Å². The van der Waals surface area contributed by atoms with E-state index in [2.05, 4.69) is 16.0 Å². The quantitative estimate of drug-likeness (QED) is 0.534. The van der Waals surface area contributed by atoms with E-state index in [1.54, 1.807) is 26.2 Å². The molecule has 1 atom stereocenters. The molecular formula is C24H22ClN3O3. The highest BCUT2D eigenvalue weighted by atomic mass is 35.5. The minimum Gasteiger partial charge on any atom is -0.496 e. The van der Waals surface area contributed by atoms with Crippen LogP contribution in [-0.2, 0) is 4.79 Å². The molecule has 3 amide bonds. The number of urea groups is 1. The highest BCUT2D eigenvalue weighted by Crippen LogP contribution is 2.38. The Morgan fingerprint density at radius 3 is 2.65 bits per heavy atom. The van der Waals surface area contributed by atoms with Crippen LogP contribution in [0.5, 0.6) is 5.75 Å². The van der Waals surface area contributed by atoms with Crippen LogP contribution in [0.3, 0.4) is 0 Å². The lowest BCUT2D eigenvalue weighted by atomic mass is 9.90. The van der Waals surface area contributed by atoms with Crippen LogP contribution in [0.1, 0.15) is 24.1 Å². The number of carbonyl (C=O) groups excluding carboxylic acids is 2. The fraction of sp³-hybridized carbons (Fsp3) is 0.167. The summed E-state index contributed by atoms with van der Waals surface area (Å²) < 4.78 is 5.61. The van der Waals surface area contributed by atoms with E-state index in [0.717, 1.165) is 21.9 Å². The first-order valence-corrected chi connectivity index (χ1v) is 10.2. The van der Waals surface area contributed by atoms with Gasteiger partial charge < -0.3 is 20.7 Å². The number of anilines is 1. The third-order valence-corrected chi connectivity index (χ3v) is 5.64. The van der Waals surface area contributed by atoms with Gasteiger partial charge in [0.05, 0.1) is 18.7 Å². The van der Waals surface area contributed by atoms with Gasteiger partial charge in [0.15, 0.2) is 0 Å². The Kier molecular flexibility index (Phi) is 5.57. The van der Waals surface area contributed by atoms with Gasteiger partial charge in [-0.3, -0.25) is 4.79 Å². The van der Waals surface area contributed by atoms with Crippen LogP contribution >= 0.6 is 11.6 Å². The monoisotopic (exact) mass is 435 g/mol. The molecule has 7 heteroatoms. The van der Waals surface area contributed by atoms with E-state index in [0.29, 0.717) is 27.7 Å². The van der Waals surface area contributed by atoms with Crippen LogP contribution in [0.15, 0.2) is 65.9 Å². The Morgan fingerprint density at radius 1 is 1.10 bits per heavy atom. The summed E-state index contributed by atoms with van der Waals surface area (Å²) in [7, 11) is 1.57. The zero-order chi connectivity index (χ0) is 22.1. The number of allylic oxidation sites excluding steroid dienone is 1. The number of nitrogens with one attached hydrogen (secondary N) is 3. The van der Waals surface area contributed by atoms with Gasteiger partial charge in [0.1, 0.15) is 5.75 Å². The normalized spacial score (nSPS) is 16.0. The maximum atomic E-state index is 13.4. The first kappa shape index (κ1) is 20.8. The third kappa shape index (κ3) is 3.94. The Hall–Kier alpha value is -3.51. The van der Waals surface area contributed by atoms with E-state index in [9.17, 15) is 9.59 Å². The minimum atomic E-state index is -0.700. The van der Waals surface area contributed by atoms with Gasteiger partial charge in [-0.2, -0.15) is 0 Å². The number of fused-ring (bicyclic) bond motifs is 1. The van der Waals surface area contributed by atoms with Crippen molar-refractivity contribution in [3.05, 3.63) is 82.0 Å².